The van der Waals surface area contributed by atoms with Gasteiger partial charge in [-0.3, -0.25) is 4.79 Å². The normalized spacial score (nSPS) is 10.1. The van der Waals surface area contributed by atoms with Crippen LogP contribution in [0.1, 0.15) is 15.9 Å². The molecular formula is C15H13ClN2OS. The summed E-state index contributed by atoms with van der Waals surface area (Å²) in [5, 5.41) is 0.520. The molecule has 2 rings (SSSR count). The number of hydrogen-bond donors (Lipinski definition) is 1. The zero-order valence-electron chi connectivity index (χ0n) is 10.8. The molecule has 0 aliphatic carbocycles. The van der Waals surface area contributed by atoms with Crippen molar-refractivity contribution in [3.63, 3.8) is 0 Å². The lowest BCUT2D eigenvalue weighted by atomic mass is 10.1. The first-order valence-electron chi connectivity index (χ1n) is 5.93. The predicted molar refractivity (Wildman–Crippen MR) is 86.5 cm³/mol. The van der Waals surface area contributed by atoms with Crippen LogP contribution < -0.4 is 10.6 Å². The Morgan fingerprint density at radius 2 is 1.90 bits per heavy atom. The van der Waals surface area contributed by atoms with E-state index < -0.39 is 0 Å². The van der Waals surface area contributed by atoms with E-state index in [0.29, 0.717) is 21.8 Å². The molecule has 0 aliphatic rings. The van der Waals surface area contributed by atoms with Gasteiger partial charge in [0.2, 0.25) is 0 Å². The van der Waals surface area contributed by atoms with Gasteiger partial charge < -0.3 is 10.6 Å². The maximum atomic E-state index is 12.5. The largest absolute Gasteiger partial charge is 0.389 e. The molecule has 102 valence electrons. The number of nitrogens with zero attached hydrogens (tertiary/aromatic N) is 1. The minimum absolute atomic E-state index is 0.170. The van der Waals surface area contributed by atoms with Crippen LogP contribution in [-0.2, 0) is 0 Å². The molecule has 0 aromatic heterocycles. The first-order chi connectivity index (χ1) is 9.50. The Hall–Kier alpha value is -1.91. The average molecular weight is 305 g/mol. The number of hydrogen-bond acceptors (Lipinski definition) is 2. The molecule has 0 spiro atoms. The number of carbonyl (C=O) groups excluding carboxylic acids is 1. The molecule has 5 heteroatoms. The molecule has 0 saturated carbocycles. The van der Waals surface area contributed by atoms with Crippen LogP contribution in [0.3, 0.4) is 0 Å². The lowest BCUT2D eigenvalue weighted by Gasteiger charge is -2.20. The molecule has 0 unspecified atom stereocenters. The number of amides is 1. The molecule has 2 aromatic rings. The quantitative estimate of drug-likeness (QED) is 0.885. The van der Waals surface area contributed by atoms with Crippen molar-refractivity contribution in [3.8, 4) is 0 Å². The molecule has 3 nitrogen and oxygen atoms in total. The number of anilines is 1. The minimum atomic E-state index is -0.170. The van der Waals surface area contributed by atoms with Crippen LogP contribution in [0.2, 0.25) is 5.02 Å². The first kappa shape index (κ1) is 14.5. The van der Waals surface area contributed by atoms with Crippen LogP contribution in [0.4, 0.5) is 5.69 Å². The van der Waals surface area contributed by atoms with E-state index in [4.69, 9.17) is 29.6 Å². The van der Waals surface area contributed by atoms with Gasteiger partial charge in [0.15, 0.2) is 0 Å². The minimum Gasteiger partial charge on any atom is -0.389 e. The summed E-state index contributed by atoms with van der Waals surface area (Å²) in [6.07, 6.45) is 0. The summed E-state index contributed by atoms with van der Waals surface area (Å²) in [7, 11) is 1.68. The lowest BCUT2D eigenvalue weighted by molar-refractivity contribution is 0.0993. The van der Waals surface area contributed by atoms with E-state index in [2.05, 4.69) is 0 Å². The van der Waals surface area contributed by atoms with Crippen LogP contribution in [0.15, 0.2) is 48.5 Å². The van der Waals surface area contributed by atoms with E-state index >= 15 is 0 Å². The van der Waals surface area contributed by atoms with Crippen molar-refractivity contribution in [2.45, 2.75) is 0 Å². The van der Waals surface area contributed by atoms with E-state index in [1.54, 1.807) is 43.4 Å². The first-order valence-corrected chi connectivity index (χ1v) is 6.72. The van der Waals surface area contributed by atoms with Gasteiger partial charge in [0.25, 0.3) is 5.91 Å². The Morgan fingerprint density at radius 1 is 1.20 bits per heavy atom. The number of para-hydroxylation sites is 1. The third kappa shape index (κ3) is 2.98. The average Bonchev–Trinajstić information content (AvgIpc) is 2.45. The Labute approximate surface area is 128 Å². The highest BCUT2D eigenvalue weighted by molar-refractivity contribution is 7.80. The van der Waals surface area contributed by atoms with Crippen molar-refractivity contribution >= 4 is 40.4 Å². The second kappa shape index (κ2) is 6.03. The van der Waals surface area contributed by atoms with Crippen molar-refractivity contribution in [1.82, 2.24) is 0 Å². The Kier molecular flexibility index (Phi) is 4.37. The fraction of sp³-hybridized carbons (Fsp3) is 0.0667. The third-order valence-corrected chi connectivity index (χ3v) is 3.36. The third-order valence-electron chi connectivity index (χ3n) is 2.91. The summed E-state index contributed by atoms with van der Waals surface area (Å²) in [5.74, 6) is -0.170. The Morgan fingerprint density at radius 3 is 2.55 bits per heavy atom. The molecule has 0 bridgehead atoms. The monoisotopic (exact) mass is 304 g/mol. The number of thiocarbonyl (C=S) groups is 1. The zero-order chi connectivity index (χ0) is 14.7. The number of benzene rings is 2. The van der Waals surface area contributed by atoms with Gasteiger partial charge >= 0.3 is 0 Å². The summed E-state index contributed by atoms with van der Waals surface area (Å²) >= 11 is 10.9. The highest BCUT2D eigenvalue weighted by Gasteiger charge is 2.17. The summed E-state index contributed by atoms with van der Waals surface area (Å²) in [5.41, 5.74) is 7.54. The van der Waals surface area contributed by atoms with E-state index in [0.717, 1.165) is 0 Å². The molecule has 0 atom stereocenters. The summed E-state index contributed by atoms with van der Waals surface area (Å²) in [6.45, 7) is 0. The zero-order valence-corrected chi connectivity index (χ0v) is 12.4. The molecule has 20 heavy (non-hydrogen) atoms. The summed E-state index contributed by atoms with van der Waals surface area (Å²) in [4.78, 5) is 14.2. The molecule has 0 aliphatic heterocycles. The van der Waals surface area contributed by atoms with Crippen molar-refractivity contribution in [2.75, 3.05) is 11.9 Å². The van der Waals surface area contributed by atoms with E-state index in [1.807, 2.05) is 12.1 Å². The summed E-state index contributed by atoms with van der Waals surface area (Å²) < 4.78 is 0. The van der Waals surface area contributed by atoms with E-state index in [9.17, 15) is 4.79 Å². The molecule has 0 fully saturated rings. The highest BCUT2D eigenvalue weighted by atomic mass is 35.5. The van der Waals surface area contributed by atoms with Crippen LogP contribution in [0.25, 0.3) is 0 Å². The second-order valence-corrected chi connectivity index (χ2v) is 5.13. The molecular weight excluding hydrogens is 292 g/mol. The van der Waals surface area contributed by atoms with Crippen molar-refractivity contribution in [1.29, 1.82) is 0 Å². The van der Waals surface area contributed by atoms with E-state index in [1.165, 1.54) is 4.90 Å². The van der Waals surface area contributed by atoms with Crippen LogP contribution in [0.5, 0.6) is 0 Å². The van der Waals surface area contributed by atoms with Gasteiger partial charge in [0.05, 0.1) is 5.69 Å². The highest BCUT2D eigenvalue weighted by Crippen LogP contribution is 2.22. The number of rotatable bonds is 3. The van der Waals surface area contributed by atoms with E-state index in [-0.39, 0.29) is 10.9 Å². The van der Waals surface area contributed by atoms with Crippen molar-refractivity contribution in [2.24, 2.45) is 5.73 Å². The van der Waals surface area contributed by atoms with Gasteiger partial charge in [0, 0.05) is 23.2 Å². The molecule has 2 aromatic carbocycles. The maximum absolute atomic E-state index is 12.5. The smallest absolute Gasteiger partial charge is 0.258 e. The fourth-order valence-electron chi connectivity index (χ4n) is 1.90. The standard InChI is InChI=1S/C15H13ClN2OS/c1-18(13-8-3-2-7-12(13)14(17)20)15(19)10-5-4-6-11(16)9-10/h2-9H,1H3,(H2,17,20). The van der Waals surface area contributed by atoms with Gasteiger partial charge in [-0.25, -0.2) is 0 Å². The van der Waals surface area contributed by atoms with Gasteiger partial charge in [-0.05, 0) is 30.3 Å². The SMILES string of the molecule is CN(C(=O)c1cccc(Cl)c1)c1ccccc1C(N)=S. The number of carbonyl (C=O) groups is 1. The molecule has 0 radical (unpaired) electrons. The van der Waals surface area contributed by atoms with Gasteiger partial charge in [-0.15, -0.1) is 0 Å². The molecule has 2 N–H and O–H groups in total. The Bertz CT molecular complexity index is 672. The molecule has 0 heterocycles. The van der Waals surface area contributed by atoms with Crippen molar-refractivity contribution < 1.29 is 4.79 Å². The summed E-state index contributed by atoms with van der Waals surface area (Å²) in [6, 6.07) is 14.1. The maximum Gasteiger partial charge on any atom is 0.258 e. The lowest BCUT2D eigenvalue weighted by Crippen LogP contribution is -2.28. The van der Waals surface area contributed by atoms with Crippen LogP contribution >= 0.6 is 23.8 Å². The Balaban J connectivity index is 2.39. The van der Waals surface area contributed by atoms with Gasteiger partial charge in [-0.2, -0.15) is 0 Å². The van der Waals surface area contributed by atoms with Crippen molar-refractivity contribution in [3.05, 3.63) is 64.7 Å². The second-order valence-electron chi connectivity index (χ2n) is 4.26. The predicted octanol–water partition coefficient (Wildman–Crippen LogP) is 3.25. The topological polar surface area (TPSA) is 46.3 Å². The number of halogens is 1. The van der Waals surface area contributed by atoms with Crippen LogP contribution in [0, 0.1) is 0 Å². The molecule has 0 saturated heterocycles. The van der Waals surface area contributed by atoms with Gasteiger partial charge in [0.1, 0.15) is 4.99 Å². The van der Waals surface area contributed by atoms with Gasteiger partial charge in [-0.1, -0.05) is 42.0 Å². The number of nitrogens with two attached hydrogens (primary N) is 1. The van der Waals surface area contributed by atoms with Crippen LogP contribution in [-0.4, -0.2) is 17.9 Å². The molecule has 1 amide bonds. The fourth-order valence-corrected chi connectivity index (χ4v) is 2.26.